The van der Waals surface area contributed by atoms with Crippen LogP contribution in [0.1, 0.15) is 18.4 Å². The van der Waals surface area contributed by atoms with Crippen LogP contribution in [0.4, 0.5) is 5.82 Å². The van der Waals surface area contributed by atoms with Crippen molar-refractivity contribution in [2.75, 3.05) is 18.5 Å². The molecule has 0 fully saturated rings. The lowest BCUT2D eigenvalue weighted by Gasteiger charge is -2.17. The van der Waals surface area contributed by atoms with Gasteiger partial charge in [0.25, 0.3) is 0 Å². The number of anilines is 1. The Labute approximate surface area is 113 Å². The van der Waals surface area contributed by atoms with Crippen LogP contribution in [0.25, 0.3) is 0 Å². The quantitative estimate of drug-likeness (QED) is 0.838. The first kappa shape index (κ1) is 13.5. The lowest BCUT2D eigenvalue weighted by molar-refractivity contribution is 0.704. The summed E-state index contributed by atoms with van der Waals surface area (Å²) in [5, 5.41) is 3.23. The van der Waals surface area contributed by atoms with Crippen molar-refractivity contribution in [1.29, 1.82) is 0 Å². The van der Waals surface area contributed by atoms with Gasteiger partial charge in [-0.25, -0.2) is 9.97 Å². The highest BCUT2D eigenvalue weighted by Gasteiger charge is 2.07. The van der Waals surface area contributed by atoms with Gasteiger partial charge < -0.3 is 14.8 Å². The van der Waals surface area contributed by atoms with E-state index < -0.39 is 0 Å². The summed E-state index contributed by atoms with van der Waals surface area (Å²) < 4.78 is 2.00. The van der Waals surface area contributed by atoms with Crippen LogP contribution in [-0.4, -0.2) is 33.1 Å². The van der Waals surface area contributed by atoms with E-state index in [9.17, 15) is 0 Å². The number of aryl methyl sites for hydroxylation is 1. The fourth-order valence-corrected chi connectivity index (χ4v) is 1.73. The number of imidazole rings is 1. The Hall–Kier alpha value is -1.95. The van der Waals surface area contributed by atoms with Gasteiger partial charge in [0.15, 0.2) is 0 Å². The van der Waals surface area contributed by atoms with E-state index in [2.05, 4.69) is 27.2 Å². The molecule has 0 unspecified atom stereocenters. The number of aromatic nitrogens is 4. The number of hydrogen-bond donors (Lipinski definition) is 1. The molecule has 0 aliphatic heterocycles. The predicted molar refractivity (Wildman–Crippen MR) is 74.7 cm³/mol. The van der Waals surface area contributed by atoms with Crippen LogP contribution in [0.2, 0.25) is 0 Å². The minimum absolute atomic E-state index is 0.713. The Balaban J connectivity index is 1.99. The second-order valence-corrected chi connectivity index (χ2v) is 4.46. The van der Waals surface area contributed by atoms with E-state index >= 15 is 0 Å². The van der Waals surface area contributed by atoms with Gasteiger partial charge in [-0.2, -0.15) is 0 Å². The van der Waals surface area contributed by atoms with Gasteiger partial charge in [-0.05, 0) is 6.54 Å². The Kier molecular flexibility index (Phi) is 4.46. The molecule has 0 aliphatic rings. The summed E-state index contributed by atoms with van der Waals surface area (Å²) >= 11 is 0. The molecule has 1 N–H and O–H groups in total. The molecule has 0 amide bonds. The lowest BCUT2D eigenvalue weighted by Crippen LogP contribution is -2.21. The van der Waals surface area contributed by atoms with Gasteiger partial charge in [0, 0.05) is 33.0 Å². The molecular weight excluding hydrogens is 240 g/mol. The van der Waals surface area contributed by atoms with Gasteiger partial charge in [-0.15, -0.1) is 0 Å². The van der Waals surface area contributed by atoms with Crippen LogP contribution in [0.15, 0.2) is 24.8 Å². The van der Waals surface area contributed by atoms with Gasteiger partial charge in [0.1, 0.15) is 11.6 Å². The molecule has 6 heteroatoms. The topological polar surface area (TPSA) is 58.9 Å². The highest BCUT2D eigenvalue weighted by Crippen LogP contribution is 2.10. The van der Waals surface area contributed by atoms with Gasteiger partial charge >= 0.3 is 0 Å². The van der Waals surface area contributed by atoms with Crippen LogP contribution in [0.5, 0.6) is 0 Å². The lowest BCUT2D eigenvalue weighted by atomic mass is 10.4. The van der Waals surface area contributed by atoms with Crippen molar-refractivity contribution in [2.24, 2.45) is 7.05 Å². The van der Waals surface area contributed by atoms with Crippen molar-refractivity contribution < 1.29 is 0 Å². The summed E-state index contributed by atoms with van der Waals surface area (Å²) in [7, 11) is 3.98. The normalized spacial score (nSPS) is 10.7. The molecule has 0 aromatic carbocycles. The number of rotatable bonds is 6. The van der Waals surface area contributed by atoms with Gasteiger partial charge in [-0.1, -0.05) is 6.92 Å². The summed E-state index contributed by atoms with van der Waals surface area (Å²) in [6.07, 6.45) is 7.35. The molecule has 0 atom stereocenters. The summed E-state index contributed by atoms with van der Waals surface area (Å²) in [6.45, 7) is 4.47. The third-order valence-electron chi connectivity index (χ3n) is 2.94. The fraction of sp³-hybridized carbons (Fsp3) is 0.462. The molecular formula is C13H20N6. The van der Waals surface area contributed by atoms with E-state index in [1.807, 2.05) is 36.0 Å². The van der Waals surface area contributed by atoms with Crippen LogP contribution in [-0.2, 0) is 20.1 Å². The zero-order valence-corrected chi connectivity index (χ0v) is 11.7. The van der Waals surface area contributed by atoms with Gasteiger partial charge in [0.2, 0.25) is 0 Å². The monoisotopic (exact) mass is 260 g/mol. The van der Waals surface area contributed by atoms with Crippen molar-refractivity contribution in [3.63, 3.8) is 0 Å². The maximum absolute atomic E-state index is 4.43. The Bertz CT molecular complexity index is 504. The first-order chi connectivity index (χ1) is 9.20. The second-order valence-electron chi connectivity index (χ2n) is 4.46. The molecule has 0 spiro atoms. The minimum atomic E-state index is 0.713. The number of nitrogens with zero attached hydrogens (tertiary/aromatic N) is 5. The molecule has 2 heterocycles. The maximum atomic E-state index is 4.43. The second kappa shape index (κ2) is 6.29. The third kappa shape index (κ3) is 3.51. The summed E-state index contributed by atoms with van der Waals surface area (Å²) in [6, 6.07) is 0. The summed E-state index contributed by atoms with van der Waals surface area (Å²) in [5.41, 5.74) is 0.955. The highest BCUT2D eigenvalue weighted by atomic mass is 15.2. The number of nitrogens with one attached hydrogen (secondary N) is 1. The van der Waals surface area contributed by atoms with Crippen molar-refractivity contribution >= 4 is 5.82 Å². The molecule has 0 saturated carbocycles. The van der Waals surface area contributed by atoms with Crippen molar-refractivity contribution in [3.8, 4) is 0 Å². The first-order valence-corrected chi connectivity index (χ1v) is 6.39. The fourth-order valence-electron chi connectivity index (χ4n) is 1.73. The molecule has 102 valence electrons. The van der Waals surface area contributed by atoms with Crippen molar-refractivity contribution in [3.05, 3.63) is 36.3 Å². The molecule has 19 heavy (non-hydrogen) atoms. The number of hydrogen-bond acceptors (Lipinski definition) is 5. The average Bonchev–Trinajstić information content (AvgIpc) is 2.82. The van der Waals surface area contributed by atoms with E-state index in [4.69, 9.17) is 0 Å². The summed E-state index contributed by atoms with van der Waals surface area (Å²) in [4.78, 5) is 15.2. The molecule has 2 aromatic rings. The third-order valence-corrected chi connectivity index (χ3v) is 2.94. The zero-order valence-electron chi connectivity index (χ0n) is 11.7. The maximum Gasteiger partial charge on any atom is 0.147 e. The standard InChI is InChI=1S/C13H20N6/c1-4-14-7-11-8-17-12(9-16-11)19(3)10-13-15-5-6-18(13)2/h5-6,8-9,14H,4,7,10H2,1-3H3. The van der Waals surface area contributed by atoms with E-state index in [1.165, 1.54) is 0 Å². The van der Waals surface area contributed by atoms with Crippen LogP contribution in [0, 0.1) is 0 Å². The molecule has 2 rings (SSSR count). The van der Waals surface area contributed by atoms with E-state index in [0.717, 1.165) is 30.4 Å². The van der Waals surface area contributed by atoms with Gasteiger partial charge in [0.05, 0.1) is 24.6 Å². The van der Waals surface area contributed by atoms with E-state index in [1.54, 1.807) is 12.4 Å². The highest BCUT2D eigenvalue weighted by molar-refractivity contribution is 5.34. The molecule has 2 aromatic heterocycles. The molecule has 0 bridgehead atoms. The molecule has 6 nitrogen and oxygen atoms in total. The Morgan fingerprint density at radius 3 is 2.68 bits per heavy atom. The van der Waals surface area contributed by atoms with Crippen LogP contribution >= 0.6 is 0 Å². The molecule has 0 saturated heterocycles. The predicted octanol–water partition coefficient (Wildman–Crippen LogP) is 0.956. The molecule has 0 aliphatic carbocycles. The van der Waals surface area contributed by atoms with Crippen molar-refractivity contribution in [1.82, 2.24) is 24.8 Å². The largest absolute Gasteiger partial charge is 0.351 e. The first-order valence-electron chi connectivity index (χ1n) is 6.39. The average molecular weight is 260 g/mol. The Morgan fingerprint density at radius 2 is 2.11 bits per heavy atom. The van der Waals surface area contributed by atoms with Crippen molar-refractivity contribution in [2.45, 2.75) is 20.0 Å². The summed E-state index contributed by atoms with van der Waals surface area (Å²) in [5.74, 6) is 1.85. The van der Waals surface area contributed by atoms with Crippen LogP contribution < -0.4 is 10.2 Å². The zero-order chi connectivity index (χ0) is 13.7. The van der Waals surface area contributed by atoms with E-state index in [0.29, 0.717) is 6.54 Å². The van der Waals surface area contributed by atoms with Crippen LogP contribution in [0.3, 0.4) is 0 Å². The smallest absolute Gasteiger partial charge is 0.147 e. The Morgan fingerprint density at radius 1 is 1.26 bits per heavy atom. The van der Waals surface area contributed by atoms with Gasteiger partial charge in [-0.3, -0.25) is 4.98 Å². The minimum Gasteiger partial charge on any atom is -0.351 e. The molecule has 0 radical (unpaired) electrons. The van der Waals surface area contributed by atoms with E-state index in [-0.39, 0.29) is 0 Å². The SMILES string of the molecule is CCNCc1cnc(N(C)Cc2nccn2C)cn1.